The second kappa shape index (κ2) is 6.23. The van der Waals surface area contributed by atoms with E-state index in [0.29, 0.717) is 12.6 Å². The van der Waals surface area contributed by atoms with Gasteiger partial charge in [0, 0.05) is 37.8 Å². The SMILES string of the molecule is CCO[C@H]1O[C@H]2[C@@H](c3cc4c(cc31)OCO4)[C@H]1C(=C[C@@H]2OC)CCN1C. The number of methoxy groups -OCH3 is 1. The molecule has 0 spiro atoms. The standard InChI is InChI=1S/C20H25NO5/c1-4-23-20-13-9-15-14(24-10-25-15)8-12(13)17-18-11(5-6-21(18)2)7-16(22-3)19(17)26-20/h7-9,16-20H,4-6,10H2,1-3H3/t16-,17-,18+,19+,20-/m0/s1. The number of nitrogens with zero attached hydrogens (tertiary/aromatic N) is 1. The van der Waals surface area contributed by atoms with Gasteiger partial charge in [0.2, 0.25) is 6.79 Å². The van der Waals surface area contributed by atoms with Crippen molar-refractivity contribution >= 4 is 0 Å². The maximum Gasteiger partial charge on any atom is 0.231 e. The maximum absolute atomic E-state index is 6.46. The Kier molecular flexibility index (Phi) is 3.97. The Hall–Kier alpha value is -1.60. The topological polar surface area (TPSA) is 49.4 Å². The van der Waals surface area contributed by atoms with E-state index in [1.165, 1.54) is 11.1 Å². The molecule has 1 aromatic carbocycles. The van der Waals surface area contributed by atoms with Crippen molar-refractivity contribution in [3.8, 4) is 11.5 Å². The first-order chi connectivity index (χ1) is 12.7. The van der Waals surface area contributed by atoms with Crippen molar-refractivity contribution in [1.29, 1.82) is 0 Å². The highest BCUT2D eigenvalue weighted by atomic mass is 16.7. The molecular formula is C20H25NO5. The lowest BCUT2D eigenvalue weighted by Crippen LogP contribution is -2.51. The summed E-state index contributed by atoms with van der Waals surface area (Å²) in [6.07, 6.45) is 2.78. The third-order valence-corrected chi connectivity index (χ3v) is 6.07. The van der Waals surface area contributed by atoms with E-state index < -0.39 is 6.29 Å². The van der Waals surface area contributed by atoms with Gasteiger partial charge in [0.05, 0.1) is 6.10 Å². The second-order valence-corrected chi connectivity index (χ2v) is 7.37. The van der Waals surface area contributed by atoms with Gasteiger partial charge in [0.1, 0.15) is 6.10 Å². The monoisotopic (exact) mass is 359 g/mol. The number of benzene rings is 1. The van der Waals surface area contributed by atoms with Gasteiger partial charge in [-0.3, -0.25) is 4.90 Å². The van der Waals surface area contributed by atoms with Crippen LogP contribution in [-0.2, 0) is 14.2 Å². The third-order valence-electron chi connectivity index (χ3n) is 6.07. The predicted octanol–water partition coefficient (Wildman–Crippen LogP) is 2.59. The third kappa shape index (κ3) is 2.33. The van der Waals surface area contributed by atoms with Crippen LogP contribution in [0.25, 0.3) is 0 Å². The van der Waals surface area contributed by atoms with E-state index >= 15 is 0 Å². The highest BCUT2D eigenvalue weighted by molar-refractivity contribution is 5.53. The predicted molar refractivity (Wildman–Crippen MR) is 94.5 cm³/mol. The van der Waals surface area contributed by atoms with Gasteiger partial charge in [-0.05, 0) is 38.1 Å². The van der Waals surface area contributed by atoms with E-state index in [1.807, 2.05) is 13.0 Å². The normalized spacial score (nSPS) is 34.9. The highest BCUT2D eigenvalue weighted by Gasteiger charge is 2.50. The Morgan fingerprint density at radius 2 is 1.96 bits per heavy atom. The molecule has 4 aliphatic rings. The van der Waals surface area contributed by atoms with E-state index in [9.17, 15) is 0 Å². The lowest BCUT2D eigenvalue weighted by atomic mass is 9.73. The van der Waals surface area contributed by atoms with Gasteiger partial charge in [0.15, 0.2) is 17.8 Å². The fourth-order valence-electron chi connectivity index (χ4n) is 4.93. The Morgan fingerprint density at radius 3 is 2.69 bits per heavy atom. The minimum absolute atomic E-state index is 0.0701. The van der Waals surface area contributed by atoms with Crippen molar-refractivity contribution in [3.05, 3.63) is 34.9 Å². The fraction of sp³-hybridized carbons (Fsp3) is 0.600. The maximum atomic E-state index is 6.46. The van der Waals surface area contributed by atoms with Crippen LogP contribution in [0.4, 0.5) is 0 Å². The summed E-state index contributed by atoms with van der Waals surface area (Å²) >= 11 is 0. The molecule has 3 heterocycles. The van der Waals surface area contributed by atoms with E-state index in [0.717, 1.165) is 30.0 Å². The molecule has 0 unspecified atom stereocenters. The molecule has 6 heteroatoms. The number of hydrogen-bond acceptors (Lipinski definition) is 6. The van der Waals surface area contributed by atoms with Crippen molar-refractivity contribution in [2.75, 3.05) is 34.1 Å². The molecule has 5 atom stereocenters. The number of hydrogen-bond donors (Lipinski definition) is 0. The molecule has 6 nitrogen and oxygen atoms in total. The van der Waals surface area contributed by atoms with Crippen molar-refractivity contribution in [2.24, 2.45) is 0 Å². The Bertz CT molecular complexity index is 748. The second-order valence-electron chi connectivity index (χ2n) is 7.37. The number of rotatable bonds is 3. The molecule has 140 valence electrons. The van der Waals surface area contributed by atoms with E-state index in [4.69, 9.17) is 23.7 Å². The Balaban J connectivity index is 1.67. The van der Waals surface area contributed by atoms with Gasteiger partial charge >= 0.3 is 0 Å². The summed E-state index contributed by atoms with van der Waals surface area (Å²) in [6.45, 7) is 3.89. The lowest BCUT2D eigenvalue weighted by Gasteiger charge is -2.47. The summed E-state index contributed by atoms with van der Waals surface area (Å²) in [7, 11) is 3.95. The van der Waals surface area contributed by atoms with Gasteiger partial charge in [-0.2, -0.15) is 0 Å². The number of ether oxygens (including phenoxy) is 5. The summed E-state index contributed by atoms with van der Waals surface area (Å²) in [6, 6.07) is 4.49. The molecule has 0 amide bonds. The van der Waals surface area contributed by atoms with Crippen molar-refractivity contribution in [3.63, 3.8) is 0 Å². The molecule has 0 aromatic heterocycles. The lowest BCUT2D eigenvalue weighted by molar-refractivity contribution is -0.212. The largest absolute Gasteiger partial charge is 0.454 e. The number of likely N-dealkylation sites (tertiary alicyclic amines) is 1. The number of fused-ring (bicyclic) bond motifs is 6. The van der Waals surface area contributed by atoms with Gasteiger partial charge in [0.25, 0.3) is 0 Å². The highest BCUT2D eigenvalue weighted by Crippen LogP contribution is 2.52. The first-order valence-electron chi connectivity index (χ1n) is 9.35. The minimum atomic E-state index is -0.412. The number of likely N-dealkylation sites (N-methyl/N-ethyl adjacent to an activating group) is 1. The Morgan fingerprint density at radius 1 is 1.19 bits per heavy atom. The van der Waals surface area contributed by atoms with E-state index in [1.54, 1.807) is 7.11 Å². The molecule has 3 aliphatic heterocycles. The fourth-order valence-corrected chi connectivity index (χ4v) is 4.93. The quantitative estimate of drug-likeness (QED) is 0.773. The van der Waals surface area contributed by atoms with E-state index in [-0.39, 0.29) is 24.9 Å². The molecule has 0 N–H and O–H groups in total. The molecular weight excluding hydrogens is 334 g/mol. The summed E-state index contributed by atoms with van der Waals surface area (Å²) in [4.78, 5) is 2.42. The molecule has 1 fully saturated rings. The average molecular weight is 359 g/mol. The van der Waals surface area contributed by atoms with Crippen molar-refractivity contribution < 1.29 is 23.7 Å². The van der Waals surface area contributed by atoms with Crippen molar-refractivity contribution in [2.45, 2.75) is 43.8 Å². The zero-order valence-electron chi connectivity index (χ0n) is 15.4. The van der Waals surface area contributed by atoms with Crippen LogP contribution in [0, 0.1) is 0 Å². The van der Waals surface area contributed by atoms with Crippen LogP contribution in [-0.4, -0.2) is 57.3 Å². The Labute approximate surface area is 153 Å². The van der Waals surface area contributed by atoms with Crippen LogP contribution < -0.4 is 9.47 Å². The minimum Gasteiger partial charge on any atom is -0.454 e. The molecule has 26 heavy (non-hydrogen) atoms. The average Bonchev–Trinajstić information content (AvgIpc) is 3.26. The summed E-state index contributed by atoms with van der Waals surface area (Å²) in [5.41, 5.74) is 3.73. The van der Waals surface area contributed by atoms with E-state index in [2.05, 4.69) is 24.1 Å². The van der Waals surface area contributed by atoms with Gasteiger partial charge in [-0.15, -0.1) is 0 Å². The molecule has 0 radical (unpaired) electrons. The molecule has 5 rings (SSSR count). The molecule has 1 aromatic rings. The zero-order valence-corrected chi connectivity index (χ0v) is 15.4. The molecule has 1 saturated heterocycles. The van der Waals surface area contributed by atoms with Crippen LogP contribution in [0.15, 0.2) is 23.8 Å². The smallest absolute Gasteiger partial charge is 0.231 e. The molecule has 0 bridgehead atoms. The van der Waals surface area contributed by atoms with Crippen LogP contribution in [0.3, 0.4) is 0 Å². The molecule has 1 aliphatic carbocycles. The van der Waals surface area contributed by atoms with Gasteiger partial charge in [-0.1, -0.05) is 11.6 Å². The molecule has 0 saturated carbocycles. The van der Waals surface area contributed by atoms with Gasteiger partial charge < -0.3 is 23.7 Å². The van der Waals surface area contributed by atoms with Crippen LogP contribution in [0.5, 0.6) is 11.5 Å². The van der Waals surface area contributed by atoms with Crippen LogP contribution >= 0.6 is 0 Å². The van der Waals surface area contributed by atoms with Gasteiger partial charge in [-0.25, -0.2) is 0 Å². The summed E-state index contributed by atoms with van der Waals surface area (Å²) in [5.74, 6) is 1.77. The first-order valence-corrected chi connectivity index (χ1v) is 9.35. The van der Waals surface area contributed by atoms with Crippen LogP contribution in [0.1, 0.15) is 36.7 Å². The zero-order chi connectivity index (χ0) is 17.8. The first kappa shape index (κ1) is 16.6. The van der Waals surface area contributed by atoms with Crippen molar-refractivity contribution in [1.82, 2.24) is 4.90 Å². The summed E-state index contributed by atoms with van der Waals surface area (Å²) < 4.78 is 29.5. The summed E-state index contributed by atoms with van der Waals surface area (Å²) in [5, 5.41) is 0. The van der Waals surface area contributed by atoms with Crippen LogP contribution in [0.2, 0.25) is 0 Å².